The molecule has 3 rings (SSSR count). The first kappa shape index (κ1) is 17.9. The molecule has 0 N–H and O–H groups in total. The fourth-order valence-corrected chi connectivity index (χ4v) is 3.10. The van der Waals surface area contributed by atoms with Crippen LogP contribution in [0.2, 0.25) is 5.02 Å². The monoisotopic (exact) mass is 367 g/mol. The largest absolute Gasteiger partial charge is 0.528 e. The summed E-state index contributed by atoms with van der Waals surface area (Å²) < 4.78 is 5.17. The van der Waals surface area contributed by atoms with Gasteiger partial charge in [-0.2, -0.15) is 0 Å². The lowest BCUT2D eigenvalue weighted by molar-refractivity contribution is -0.180. The van der Waals surface area contributed by atoms with Gasteiger partial charge in [0.25, 0.3) is 0 Å². The zero-order valence-corrected chi connectivity index (χ0v) is 15.4. The molecule has 1 fully saturated rings. The van der Waals surface area contributed by atoms with Crippen molar-refractivity contribution in [2.24, 2.45) is 5.16 Å². The summed E-state index contributed by atoms with van der Waals surface area (Å²) in [6.07, 6.45) is 3.02. The molecule has 0 radical (unpaired) electrons. The van der Waals surface area contributed by atoms with Crippen molar-refractivity contribution in [3.63, 3.8) is 0 Å². The molecule has 3 heterocycles. The molecule has 2 aliphatic rings. The maximum absolute atomic E-state index is 11.8. The average Bonchev–Trinajstić information content (AvgIpc) is 2.92. The molecule has 0 aromatic carbocycles. The van der Waals surface area contributed by atoms with E-state index >= 15 is 0 Å². The second-order valence-corrected chi connectivity index (χ2v) is 7.71. The predicted molar refractivity (Wildman–Crippen MR) is 92.3 cm³/mol. The number of hydrogen-bond donors (Lipinski definition) is 0. The van der Waals surface area contributed by atoms with Crippen molar-refractivity contribution in [2.75, 3.05) is 13.1 Å². The fraction of sp³-hybridized carbons (Fsp3) is 0.588. The van der Waals surface area contributed by atoms with Crippen molar-refractivity contribution in [2.45, 2.75) is 51.2 Å². The molecule has 0 bridgehead atoms. The number of hydroxylamine groups is 2. The maximum atomic E-state index is 11.8. The SMILES string of the molecule is CC(C)(C)OC(=O)ON1CCC2(CC1)CC(c1ncccc1Cl)=NO2. The molecule has 2 aliphatic heterocycles. The van der Waals surface area contributed by atoms with Gasteiger partial charge in [-0.25, -0.2) is 4.79 Å². The minimum Gasteiger partial charge on any atom is -0.427 e. The van der Waals surface area contributed by atoms with E-state index in [-0.39, 0.29) is 5.60 Å². The molecule has 136 valence electrons. The Balaban J connectivity index is 1.53. The van der Waals surface area contributed by atoms with Crippen molar-refractivity contribution >= 4 is 23.5 Å². The first-order valence-electron chi connectivity index (χ1n) is 8.28. The summed E-state index contributed by atoms with van der Waals surface area (Å²) in [4.78, 5) is 27.0. The predicted octanol–water partition coefficient (Wildman–Crippen LogP) is 3.56. The number of oxime groups is 1. The zero-order valence-electron chi connectivity index (χ0n) is 14.6. The topological polar surface area (TPSA) is 73.3 Å². The number of rotatable bonds is 2. The van der Waals surface area contributed by atoms with Crippen LogP contribution in [-0.2, 0) is 14.4 Å². The number of carbonyl (C=O) groups excluding carboxylic acids is 1. The number of halogens is 1. The normalized spacial score (nSPS) is 20.1. The minimum absolute atomic E-state index is 0.385. The molecule has 0 aliphatic carbocycles. The van der Waals surface area contributed by atoms with Crippen molar-refractivity contribution in [3.05, 3.63) is 29.0 Å². The fourth-order valence-electron chi connectivity index (χ4n) is 2.87. The molecule has 7 nitrogen and oxygen atoms in total. The first-order chi connectivity index (χ1) is 11.8. The Hall–Kier alpha value is -1.86. The molecule has 0 atom stereocenters. The van der Waals surface area contributed by atoms with Crippen LogP contribution in [0.5, 0.6) is 0 Å². The number of ether oxygens (including phenoxy) is 1. The van der Waals surface area contributed by atoms with Crippen molar-refractivity contribution in [1.82, 2.24) is 10.0 Å². The quantitative estimate of drug-likeness (QED) is 0.744. The Morgan fingerprint density at radius 2 is 2.08 bits per heavy atom. The molecule has 0 saturated carbocycles. The van der Waals surface area contributed by atoms with Gasteiger partial charge < -0.3 is 14.4 Å². The van der Waals surface area contributed by atoms with Crippen molar-refractivity contribution in [1.29, 1.82) is 0 Å². The minimum atomic E-state index is -0.687. The van der Waals surface area contributed by atoms with Crippen LogP contribution in [0.1, 0.15) is 45.7 Å². The van der Waals surface area contributed by atoms with E-state index in [2.05, 4.69) is 10.1 Å². The van der Waals surface area contributed by atoms with Crippen LogP contribution < -0.4 is 0 Å². The Labute approximate surface area is 151 Å². The van der Waals surface area contributed by atoms with Crippen LogP contribution in [0.15, 0.2) is 23.5 Å². The number of nitrogens with zero attached hydrogens (tertiary/aromatic N) is 3. The van der Waals surface area contributed by atoms with Gasteiger partial charge in [-0.3, -0.25) is 4.98 Å². The third kappa shape index (κ3) is 4.41. The van der Waals surface area contributed by atoms with Gasteiger partial charge in [-0.1, -0.05) is 16.8 Å². The standard InChI is InChI=1S/C17H22ClN3O4/c1-16(2,3)23-15(22)24-21-9-6-17(7-10-21)11-13(20-25-17)14-12(18)5-4-8-19-14/h4-5,8H,6-7,9-11H2,1-3H3. The third-order valence-electron chi connectivity index (χ3n) is 4.10. The van der Waals surface area contributed by atoms with Crippen LogP contribution in [-0.4, -0.2) is 46.2 Å². The zero-order chi connectivity index (χ0) is 18.1. The Bertz CT molecular complexity index is 679. The Morgan fingerprint density at radius 1 is 1.36 bits per heavy atom. The lowest BCUT2D eigenvalue weighted by Crippen LogP contribution is -2.45. The highest BCUT2D eigenvalue weighted by Crippen LogP contribution is 2.36. The van der Waals surface area contributed by atoms with Gasteiger partial charge in [0, 0.05) is 38.5 Å². The van der Waals surface area contributed by atoms with Crippen LogP contribution in [0.3, 0.4) is 0 Å². The van der Waals surface area contributed by atoms with E-state index in [0.29, 0.717) is 43.1 Å². The molecule has 0 amide bonds. The van der Waals surface area contributed by atoms with E-state index in [1.807, 2.05) is 0 Å². The Kier molecular flexibility index (Phi) is 4.88. The van der Waals surface area contributed by atoms with E-state index in [9.17, 15) is 4.79 Å². The molecule has 1 saturated heterocycles. The van der Waals surface area contributed by atoms with Gasteiger partial charge in [0.05, 0.1) is 5.02 Å². The summed E-state index contributed by atoms with van der Waals surface area (Å²) in [6, 6.07) is 3.57. The van der Waals surface area contributed by atoms with Gasteiger partial charge in [0.1, 0.15) is 22.6 Å². The summed E-state index contributed by atoms with van der Waals surface area (Å²) >= 11 is 6.19. The van der Waals surface area contributed by atoms with Gasteiger partial charge in [0.2, 0.25) is 0 Å². The third-order valence-corrected chi connectivity index (χ3v) is 4.40. The molecule has 1 aromatic heterocycles. The van der Waals surface area contributed by atoms with Crippen LogP contribution in [0, 0.1) is 0 Å². The number of pyridine rings is 1. The highest BCUT2D eigenvalue weighted by Gasteiger charge is 2.44. The van der Waals surface area contributed by atoms with E-state index in [1.165, 1.54) is 0 Å². The van der Waals surface area contributed by atoms with Gasteiger partial charge in [-0.05, 0) is 32.9 Å². The maximum Gasteiger partial charge on any atom is 0.528 e. The highest BCUT2D eigenvalue weighted by atomic mass is 35.5. The van der Waals surface area contributed by atoms with E-state index < -0.39 is 11.8 Å². The van der Waals surface area contributed by atoms with Crippen molar-refractivity contribution < 1.29 is 19.2 Å². The summed E-state index contributed by atoms with van der Waals surface area (Å²) in [5.74, 6) is 0. The molecule has 25 heavy (non-hydrogen) atoms. The van der Waals surface area contributed by atoms with Gasteiger partial charge >= 0.3 is 6.16 Å². The smallest absolute Gasteiger partial charge is 0.427 e. The number of carbonyl (C=O) groups is 1. The molecule has 8 heteroatoms. The molecule has 1 aromatic rings. The van der Waals surface area contributed by atoms with Crippen LogP contribution in [0.4, 0.5) is 4.79 Å². The van der Waals surface area contributed by atoms with E-state index in [1.54, 1.807) is 44.2 Å². The molecule has 0 unspecified atom stereocenters. The summed E-state index contributed by atoms with van der Waals surface area (Å²) in [6.45, 7) is 6.50. The lowest BCUT2D eigenvalue weighted by atomic mass is 9.87. The van der Waals surface area contributed by atoms with Crippen molar-refractivity contribution in [3.8, 4) is 0 Å². The van der Waals surface area contributed by atoms with E-state index in [0.717, 1.165) is 5.71 Å². The van der Waals surface area contributed by atoms with Gasteiger partial charge in [-0.15, -0.1) is 5.06 Å². The number of hydrogen-bond acceptors (Lipinski definition) is 7. The summed E-state index contributed by atoms with van der Waals surface area (Å²) in [5.41, 5.74) is 0.456. The lowest BCUT2D eigenvalue weighted by Gasteiger charge is -2.35. The summed E-state index contributed by atoms with van der Waals surface area (Å²) in [7, 11) is 0. The molecular weight excluding hydrogens is 346 g/mol. The number of aromatic nitrogens is 1. The molecule has 1 spiro atoms. The second kappa shape index (κ2) is 6.80. The molecular formula is C17H22ClN3O4. The van der Waals surface area contributed by atoms with E-state index in [4.69, 9.17) is 26.0 Å². The summed E-state index contributed by atoms with van der Waals surface area (Å²) in [5, 5.41) is 6.37. The van der Waals surface area contributed by atoms with Gasteiger partial charge in [0.15, 0.2) is 0 Å². The number of piperidine rings is 1. The highest BCUT2D eigenvalue weighted by molar-refractivity contribution is 6.33. The van der Waals surface area contributed by atoms with Crippen LogP contribution in [0.25, 0.3) is 0 Å². The average molecular weight is 368 g/mol. The first-order valence-corrected chi connectivity index (χ1v) is 8.66. The van der Waals surface area contributed by atoms with Crippen LogP contribution >= 0.6 is 11.6 Å². The second-order valence-electron chi connectivity index (χ2n) is 7.31. The Morgan fingerprint density at radius 3 is 2.72 bits per heavy atom.